The lowest BCUT2D eigenvalue weighted by molar-refractivity contribution is 0.282. The van der Waals surface area contributed by atoms with Crippen LogP contribution in [0.15, 0.2) is 58.8 Å². The number of hydrogen-bond donors (Lipinski definition) is 1. The fourth-order valence-electron chi connectivity index (χ4n) is 1.73. The molecule has 0 aromatic heterocycles. The maximum Gasteiger partial charge on any atom is 0.119 e. The van der Waals surface area contributed by atoms with Gasteiger partial charge in [-0.3, -0.25) is 0 Å². The number of benzene rings is 2. The fraction of sp³-hybridized carbons (Fsp3) is 0.294. The molecule has 110 valence electrons. The Morgan fingerprint density at radius 3 is 2.00 bits per heavy atom. The molecule has 0 heterocycles. The molecule has 0 spiro atoms. The van der Waals surface area contributed by atoms with Crippen LogP contribution in [0, 0.1) is 0 Å². The molecule has 2 aromatic rings. The van der Waals surface area contributed by atoms with Crippen LogP contribution in [0.3, 0.4) is 0 Å². The molecule has 0 unspecified atom stereocenters. The molecule has 0 aliphatic heterocycles. The quantitative estimate of drug-likeness (QED) is 0.588. The fourth-order valence-corrected chi connectivity index (χ4v) is 1.73. The van der Waals surface area contributed by atoms with E-state index in [4.69, 9.17) is 9.84 Å². The highest BCUT2D eigenvalue weighted by molar-refractivity contribution is 5.43. The topological polar surface area (TPSA) is 54.2 Å². The molecule has 2 rings (SSSR count). The summed E-state index contributed by atoms with van der Waals surface area (Å²) in [7, 11) is 0. The van der Waals surface area contributed by atoms with Crippen LogP contribution in [0.25, 0.3) is 0 Å². The number of rotatable bonds is 7. The van der Waals surface area contributed by atoms with E-state index in [1.165, 1.54) is 0 Å². The summed E-state index contributed by atoms with van der Waals surface area (Å²) in [5.74, 6) is 0.856. The number of ether oxygens (including phenoxy) is 1. The average Bonchev–Trinajstić information content (AvgIpc) is 2.55. The molecule has 4 heteroatoms. The maximum absolute atomic E-state index is 8.97. The number of nitrogens with zero attached hydrogens (tertiary/aromatic N) is 2. The molecule has 21 heavy (non-hydrogen) atoms. The first kappa shape index (κ1) is 15.2. The highest BCUT2D eigenvalue weighted by Gasteiger charge is 1.95. The van der Waals surface area contributed by atoms with Crippen molar-refractivity contribution in [3.63, 3.8) is 0 Å². The minimum absolute atomic E-state index is 0.0386. The van der Waals surface area contributed by atoms with Gasteiger partial charge in [-0.05, 0) is 48.4 Å². The molecule has 0 aliphatic rings. The van der Waals surface area contributed by atoms with Gasteiger partial charge in [0.25, 0.3) is 0 Å². The lowest BCUT2D eigenvalue weighted by Crippen LogP contribution is -1.95. The van der Waals surface area contributed by atoms with Gasteiger partial charge in [0.15, 0.2) is 0 Å². The van der Waals surface area contributed by atoms with Crippen LogP contribution >= 0.6 is 0 Å². The summed E-state index contributed by atoms with van der Waals surface area (Å²) in [6, 6.07) is 14.9. The second kappa shape index (κ2) is 8.17. The predicted octanol–water partition coefficient (Wildman–Crippen LogP) is 4.77. The van der Waals surface area contributed by atoms with Crippen LogP contribution in [0.2, 0.25) is 0 Å². The molecule has 0 bridgehead atoms. The lowest BCUT2D eigenvalue weighted by atomic mass is 10.2. The van der Waals surface area contributed by atoms with Gasteiger partial charge in [0.1, 0.15) is 5.75 Å². The van der Waals surface area contributed by atoms with Gasteiger partial charge in [0.05, 0.1) is 24.6 Å². The minimum atomic E-state index is 0.0386. The molecule has 0 amide bonds. The number of hydrogen-bond acceptors (Lipinski definition) is 4. The van der Waals surface area contributed by atoms with Gasteiger partial charge in [0, 0.05) is 0 Å². The van der Waals surface area contributed by atoms with Gasteiger partial charge >= 0.3 is 0 Å². The summed E-state index contributed by atoms with van der Waals surface area (Å²) >= 11 is 0. The molecule has 0 atom stereocenters. The number of azo groups is 1. The number of aliphatic hydroxyl groups is 1. The normalized spacial score (nSPS) is 11.0. The zero-order valence-corrected chi connectivity index (χ0v) is 12.2. The van der Waals surface area contributed by atoms with Crippen molar-refractivity contribution in [2.45, 2.75) is 26.4 Å². The maximum atomic E-state index is 8.97. The van der Waals surface area contributed by atoms with Gasteiger partial charge in [0.2, 0.25) is 0 Å². The van der Waals surface area contributed by atoms with Crippen LogP contribution in [-0.4, -0.2) is 11.7 Å². The summed E-state index contributed by atoms with van der Waals surface area (Å²) in [5.41, 5.74) is 2.40. The minimum Gasteiger partial charge on any atom is -0.494 e. The Morgan fingerprint density at radius 2 is 1.48 bits per heavy atom. The summed E-state index contributed by atoms with van der Waals surface area (Å²) in [5, 5.41) is 17.3. The third-order valence-electron chi connectivity index (χ3n) is 3.00. The second-order valence-electron chi connectivity index (χ2n) is 4.72. The van der Waals surface area contributed by atoms with E-state index in [1.807, 2.05) is 48.5 Å². The van der Waals surface area contributed by atoms with Gasteiger partial charge in [-0.25, -0.2) is 0 Å². The summed E-state index contributed by atoms with van der Waals surface area (Å²) in [6.45, 7) is 2.92. The molecule has 1 N–H and O–H groups in total. The molecule has 0 aliphatic carbocycles. The zero-order chi connectivity index (χ0) is 14.9. The van der Waals surface area contributed by atoms with Crippen LogP contribution < -0.4 is 4.74 Å². The summed E-state index contributed by atoms with van der Waals surface area (Å²) in [4.78, 5) is 0. The SMILES string of the molecule is CCCCOc1ccc(N=Nc2ccc(CO)cc2)cc1. The molecule has 0 saturated carbocycles. The van der Waals surface area contributed by atoms with Gasteiger partial charge < -0.3 is 9.84 Å². The van der Waals surface area contributed by atoms with Crippen molar-refractivity contribution in [1.82, 2.24) is 0 Å². The smallest absolute Gasteiger partial charge is 0.119 e. The first-order chi connectivity index (χ1) is 10.3. The van der Waals surface area contributed by atoms with Gasteiger partial charge in [-0.2, -0.15) is 10.2 Å². The standard InChI is InChI=1S/C17H20N2O2/c1-2-3-12-21-17-10-8-16(9-11-17)19-18-15-6-4-14(13-20)5-7-15/h4-11,20H,2-3,12-13H2,1H3. The highest BCUT2D eigenvalue weighted by atomic mass is 16.5. The molecular weight excluding hydrogens is 264 g/mol. The molecule has 0 saturated heterocycles. The highest BCUT2D eigenvalue weighted by Crippen LogP contribution is 2.21. The van der Waals surface area contributed by atoms with Crippen molar-refractivity contribution in [3.05, 3.63) is 54.1 Å². The molecule has 4 nitrogen and oxygen atoms in total. The van der Waals surface area contributed by atoms with Crippen molar-refractivity contribution in [2.24, 2.45) is 10.2 Å². The van der Waals surface area contributed by atoms with E-state index in [2.05, 4.69) is 17.2 Å². The van der Waals surface area contributed by atoms with Crippen molar-refractivity contribution in [2.75, 3.05) is 6.61 Å². The largest absolute Gasteiger partial charge is 0.494 e. The third-order valence-corrected chi connectivity index (χ3v) is 3.00. The molecule has 0 radical (unpaired) electrons. The van der Waals surface area contributed by atoms with E-state index in [-0.39, 0.29) is 6.61 Å². The van der Waals surface area contributed by atoms with E-state index in [0.717, 1.165) is 42.1 Å². The van der Waals surface area contributed by atoms with E-state index in [9.17, 15) is 0 Å². The number of unbranched alkanes of at least 4 members (excludes halogenated alkanes) is 1. The first-order valence-corrected chi connectivity index (χ1v) is 7.16. The Labute approximate surface area is 125 Å². The van der Waals surface area contributed by atoms with E-state index in [1.54, 1.807) is 0 Å². The van der Waals surface area contributed by atoms with Crippen LogP contribution in [-0.2, 0) is 6.61 Å². The Kier molecular flexibility index (Phi) is 5.91. The van der Waals surface area contributed by atoms with Gasteiger partial charge in [-0.15, -0.1) is 0 Å². The van der Waals surface area contributed by atoms with Crippen molar-refractivity contribution in [3.8, 4) is 5.75 Å². The molecular formula is C17H20N2O2. The van der Waals surface area contributed by atoms with Crippen molar-refractivity contribution < 1.29 is 9.84 Å². The van der Waals surface area contributed by atoms with E-state index < -0.39 is 0 Å². The zero-order valence-electron chi connectivity index (χ0n) is 12.2. The Bertz CT molecular complexity index is 562. The monoisotopic (exact) mass is 284 g/mol. The van der Waals surface area contributed by atoms with Crippen LogP contribution in [0.1, 0.15) is 25.3 Å². The summed E-state index contributed by atoms with van der Waals surface area (Å²) in [6.07, 6.45) is 2.19. The van der Waals surface area contributed by atoms with Crippen molar-refractivity contribution >= 4 is 11.4 Å². The van der Waals surface area contributed by atoms with Crippen LogP contribution in [0.5, 0.6) is 5.75 Å². The van der Waals surface area contributed by atoms with Crippen LogP contribution in [0.4, 0.5) is 11.4 Å². The van der Waals surface area contributed by atoms with E-state index >= 15 is 0 Å². The summed E-state index contributed by atoms with van der Waals surface area (Å²) < 4.78 is 5.59. The second-order valence-corrected chi connectivity index (χ2v) is 4.72. The predicted molar refractivity (Wildman–Crippen MR) is 83.4 cm³/mol. The Morgan fingerprint density at radius 1 is 0.905 bits per heavy atom. The van der Waals surface area contributed by atoms with Crippen molar-refractivity contribution in [1.29, 1.82) is 0 Å². The third kappa shape index (κ3) is 5.00. The average molecular weight is 284 g/mol. The lowest BCUT2D eigenvalue weighted by Gasteiger charge is -2.04. The molecule has 0 fully saturated rings. The molecule has 2 aromatic carbocycles. The first-order valence-electron chi connectivity index (χ1n) is 7.16. The van der Waals surface area contributed by atoms with Gasteiger partial charge in [-0.1, -0.05) is 25.5 Å². The Balaban J connectivity index is 1.93. The Hall–Kier alpha value is -2.20. The number of aliphatic hydroxyl groups excluding tert-OH is 1. The van der Waals surface area contributed by atoms with E-state index in [0.29, 0.717) is 0 Å².